The van der Waals surface area contributed by atoms with Crippen LogP contribution in [0.2, 0.25) is 0 Å². The first-order valence-corrected chi connectivity index (χ1v) is 9.51. The summed E-state index contributed by atoms with van der Waals surface area (Å²) in [7, 11) is 0. The summed E-state index contributed by atoms with van der Waals surface area (Å²) in [6, 6.07) is 11.1. The summed E-state index contributed by atoms with van der Waals surface area (Å²) in [5, 5.41) is 12.6. The molecule has 1 aliphatic heterocycles. The second kappa shape index (κ2) is 8.41. The van der Waals surface area contributed by atoms with Crippen LogP contribution in [0, 0.1) is 0 Å². The number of β-amino-alcohol motifs (C(OH)–C–C–N with tert-alkyl or cyclic N) is 1. The highest BCUT2D eigenvalue weighted by atomic mass is 19.1. The van der Waals surface area contributed by atoms with Crippen molar-refractivity contribution in [3.05, 3.63) is 35.9 Å². The molecule has 0 bridgehead atoms. The Balaban J connectivity index is 1.54. The molecular formula is C20H31FN2O. The van der Waals surface area contributed by atoms with Crippen molar-refractivity contribution >= 4 is 0 Å². The third-order valence-corrected chi connectivity index (χ3v) is 5.84. The number of aliphatic hydroxyl groups is 1. The smallest absolute Gasteiger partial charge is 0.125 e. The van der Waals surface area contributed by atoms with Crippen LogP contribution in [-0.2, 0) is 0 Å². The highest BCUT2D eigenvalue weighted by molar-refractivity contribution is 5.22. The predicted octanol–water partition coefficient (Wildman–Crippen LogP) is 3.10. The van der Waals surface area contributed by atoms with E-state index in [4.69, 9.17) is 5.11 Å². The van der Waals surface area contributed by atoms with Crippen LogP contribution in [0.25, 0.3) is 0 Å². The monoisotopic (exact) mass is 334 g/mol. The molecule has 3 rings (SSSR count). The fraction of sp³-hybridized carbons (Fsp3) is 0.700. The third kappa shape index (κ3) is 4.56. The number of halogens is 1. The van der Waals surface area contributed by atoms with Gasteiger partial charge >= 0.3 is 0 Å². The van der Waals surface area contributed by atoms with Crippen LogP contribution < -0.4 is 5.32 Å². The number of nitrogens with zero attached hydrogens (tertiary/aromatic N) is 1. The van der Waals surface area contributed by atoms with E-state index in [1.165, 1.54) is 24.8 Å². The van der Waals surface area contributed by atoms with Crippen LogP contribution in [0.5, 0.6) is 0 Å². The Morgan fingerprint density at radius 3 is 2.54 bits per heavy atom. The molecule has 0 radical (unpaired) electrons. The van der Waals surface area contributed by atoms with Gasteiger partial charge in [0.25, 0.3) is 0 Å². The third-order valence-electron chi connectivity index (χ3n) is 5.84. The van der Waals surface area contributed by atoms with Gasteiger partial charge in [-0.1, -0.05) is 43.2 Å². The zero-order valence-electron chi connectivity index (χ0n) is 14.6. The van der Waals surface area contributed by atoms with Crippen molar-refractivity contribution in [2.24, 2.45) is 0 Å². The normalized spacial score (nSPS) is 27.9. The average Bonchev–Trinajstić information content (AvgIpc) is 2.63. The van der Waals surface area contributed by atoms with Gasteiger partial charge in [0, 0.05) is 32.2 Å². The summed E-state index contributed by atoms with van der Waals surface area (Å²) in [4.78, 5) is 2.16. The molecular weight excluding hydrogens is 303 g/mol. The van der Waals surface area contributed by atoms with Crippen LogP contribution in [0.1, 0.15) is 50.0 Å². The molecule has 2 atom stereocenters. The molecule has 3 nitrogen and oxygen atoms in total. The molecule has 1 aromatic rings. The first-order chi connectivity index (χ1) is 11.7. The Bertz CT molecular complexity index is 488. The zero-order chi connectivity index (χ0) is 16.8. The van der Waals surface area contributed by atoms with Crippen LogP contribution >= 0.6 is 0 Å². The minimum Gasteiger partial charge on any atom is -0.395 e. The lowest BCUT2D eigenvalue weighted by Crippen LogP contribution is -2.50. The maximum Gasteiger partial charge on any atom is 0.125 e. The second-order valence-electron chi connectivity index (χ2n) is 7.51. The molecule has 0 aromatic heterocycles. The van der Waals surface area contributed by atoms with E-state index in [1.54, 1.807) is 0 Å². The summed E-state index contributed by atoms with van der Waals surface area (Å²) < 4.78 is 15.1. The van der Waals surface area contributed by atoms with E-state index in [9.17, 15) is 0 Å². The van der Waals surface area contributed by atoms with Gasteiger partial charge in [0.1, 0.15) is 5.67 Å². The van der Waals surface area contributed by atoms with Crippen LogP contribution in [0.3, 0.4) is 0 Å². The molecule has 1 saturated carbocycles. The Morgan fingerprint density at radius 1 is 1.12 bits per heavy atom. The number of alkyl halides is 1. The van der Waals surface area contributed by atoms with Crippen LogP contribution in [-0.4, -0.2) is 54.5 Å². The van der Waals surface area contributed by atoms with Crippen molar-refractivity contribution in [1.82, 2.24) is 10.2 Å². The molecule has 24 heavy (non-hydrogen) atoms. The van der Waals surface area contributed by atoms with Crippen LogP contribution in [0.4, 0.5) is 4.39 Å². The van der Waals surface area contributed by atoms with Crippen molar-refractivity contribution in [3.63, 3.8) is 0 Å². The lowest BCUT2D eigenvalue weighted by atomic mass is 9.79. The van der Waals surface area contributed by atoms with Crippen molar-refractivity contribution < 1.29 is 9.50 Å². The number of aliphatic hydroxyl groups excluding tert-OH is 1. The lowest BCUT2D eigenvalue weighted by molar-refractivity contribution is 0.0465. The Morgan fingerprint density at radius 2 is 1.83 bits per heavy atom. The molecule has 4 heteroatoms. The molecule has 0 amide bonds. The number of rotatable bonds is 6. The van der Waals surface area contributed by atoms with E-state index in [-0.39, 0.29) is 6.61 Å². The van der Waals surface area contributed by atoms with Gasteiger partial charge in [0.15, 0.2) is 0 Å². The number of likely N-dealkylation sites (tertiary alicyclic amines) is 1. The topological polar surface area (TPSA) is 35.5 Å². The number of benzene rings is 1. The highest BCUT2D eigenvalue weighted by Gasteiger charge is 2.36. The van der Waals surface area contributed by atoms with E-state index in [2.05, 4.69) is 40.5 Å². The largest absolute Gasteiger partial charge is 0.395 e. The lowest BCUT2D eigenvalue weighted by Gasteiger charge is -2.39. The summed E-state index contributed by atoms with van der Waals surface area (Å²) in [6.07, 6.45) is 6.00. The summed E-state index contributed by atoms with van der Waals surface area (Å²) in [6.45, 7) is 2.81. The molecule has 2 fully saturated rings. The Hall–Kier alpha value is -0.970. The van der Waals surface area contributed by atoms with Gasteiger partial charge in [-0.05, 0) is 37.2 Å². The quantitative estimate of drug-likeness (QED) is 0.839. The van der Waals surface area contributed by atoms with Gasteiger partial charge < -0.3 is 15.3 Å². The van der Waals surface area contributed by atoms with E-state index in [1.807, 2.05) is 0 Å². The molecule has 2 N–H and O–H groups in total. The van der Waals surface area contributed by atoms with Gasteiger partial charge in [0.05, 0.1) is 6.61 Å². The van der Waals surface area contributed by atoms with Gasteiger partial charge in [-0.25, -0.2) is 4.39 Å². The molecule has 134 valence electrons. The number of nitrogens with one attached hydrogen (secondary N) is 1. The predicted molar refractivity (Wildman–Crippen MR) is 96.0 cm³/mol. The van der Waals surface area contributed by atoms with E-state index < -0.39 is 5.67 Å². The Kier molecular flexibility index (Phi) is 6.25. The van der Waals surface area contributed by atoms with Crippen molar-refractivity contribution in [2.75, 3.05) is 32.8 Å². The SMILES string of the molecule is OCCN1CCC(F)(CN[C@H]2CCCC[C@@H]2c2ccccc2)CC1. The number of hydrogen-bond acceptors (Lipinski definition) is 3. The fourth-order valence-electron chi connectivity index (χ4n) is 4.28. The van der Waals surface area contributed by atoms with Crippen molar-refractivity contribution in [1.29, 1.82) is 0 Å². The van der Waals surface area contributed by atoms with E-state index in [0.717, 1.165) is 19.5 Å². The molecule has 0 unspecified atom stereocenters. The van der Waals surface area contributed by atoms with Gasteiger partial charge in [-0.3, -0.25) is 0 Å². The van der Waals surface area contributed by atoms with Crippen molar-refractivity contribution in [3.8, 4) is 0 Å². The van der Waals surface area contributed by atoms with Crippen LogP contribution in [0.15, 0.2) is 30.3 Å². The molecule has 1 saturated heterocycles. The average molecular weight is 334 g/mol. The van der Waals surface area contributed by atoms with Gasteiger partial charge in [-0.15, -0.1) is 0 Å². The summed E-state index contributed by atoms with van der Waals surface area (Å²) >= 11 is 0. The summed E-state index contributed by atoms with van der Waals surface area (Å²) in [5.41, 5.74) is 0.297. The molecule has 1 heterocycles. The van der Waals surface area contributed by atoms with Crippen molar-refractivity contribution in [2.45, 2.75) is 56.2 Å². The number of hydrogen-bond donors (Lipinski definition) is 2. The standard InChI is InChI=1S/C20H31FN2O/c21-20(10-12-23(13-11-20)14-15-24)16-22-19-9-5-4-8-18(19)17-6-2-1-3-7-17/h1-3,6-7,18-19,22,24H,4-5,8-16H2/t18-,19+/m1/s1. The van der Waals surface area contributed by atoms with Gasteiger partial charge in [-0.2, -0.15) is 0 Å². The zero-order valence-corrected chi connectivity index (χ0v) is 14.6. The first-order valence-electron chi connectivity index (χ1n) is 9.51. The minimum absolute atomic E-state index is 0.165. The highest BCUT2D eigenvalue weighted by Crippen LogP contribution is 2.34. The molecule has 1 aliphatic carbocycles. The van der Waals surface area contributed by atoms with E-state index >= 15 is 4.39 Å². The van der Waals surface area contributed by atoms with Gasteiger partial charge in [0.2, 0.25) is 0 Å². The first kappa shape index (κ1) is 17.8. The Labute approximate surface area is 145 Å². The number of piperidine rings is 1. The minimum atomic E-state index is -1.09. The fourth-order valence-corrected chi connectivity index (χ4v) is 4.28. The molecule has 0 spiro atoms. The molecule has 1 aromatic carbocycles. The molecule has 2 aliphatic rings. The van der Waals surface area contributed by atoms with E-state index in [0.29, 0.717) is 37.9 Å². The summed E-state index contributed by atoms with van der Waals surface area (Å²) in [5.74, 6) is 0.512. The maximum absolute atomic E-state index is 15.1. The second-order valence-corrected chi connectivity index (χ2v) is 7.51. The maximum atomic E-state index is 15.1.